The molecule has 1 saturated heterocycles. The maximum Gasteiger partial charge on any atom is 0.336 e. The third-order valence-electron chi connectivity index (χ3n) is 4.16. The topological polar surface area (TPSA) is 130 Å². The number of aliphatic hydroxyl groups excluding tert-OH is 3. The van der Waals surface area contributed by atoms with Gasteiger partial charge in [-0.1, -0.05) is 0 Å². The zero-order valence-electron chi connectivity index (χ0n) is 12.8. The fraction of sp³-hybridized carbons (Fsp3) is 0.438. The van der Waals surface area contributed by atoms with Crippen molar-refractivity contribution in [3.05, 3.63) is 40.8 Å². The lowest BCUT2D eigenvalue weighted by Crippen LogP contribution is -2.66. The molecule has 0 aliphatic carbocycles. The normalized spacial score (nSPS) is 33.5. The second-order valence-electron chi connectivity index (χ2n) is 5.91. The quantitative estimate of drug-likeness (QED) is 0.544. The van der Waals surface area contributed by atoms with E-state index in [1.54, 1.807) is 18.2 Å². The van der Waals surface area contributed by atoms with E-state index in [2.05, 4.69) is 0 Å². The molecule has 0 radical (unpaired) electrons. The van der Waals surface area contributed by atoms with Crippen LogP contribution in [0.5, 0.6) is 5.75 Å². The minimum Gasteiger partial charge on any atom is -0.462 e. The SMILES string of the molecule is C[C@]1(O)[C@H](O)[C@@H](O)[C@@H](Oc2ccc3ccc(=O)oc3c2)O[C@@H]1CO. The molecular formula is C16H18O8. The Morgan fingerprint density at radius 1 is 1.25 bits per heavy atom. The Kier molecular flexibility index (Phi) is 4.33. The summed E-state index contributed by atoms with van der Waals surface area (Å²) < 4.78 is 15.9. The summed E-state index contributed by atoms with van der Waals surface area (Å²) in [6, 6.07) is 7.56. The summed E-state index contributed by atoms with van der Waals surface area (Å²) in [6.45, 7) is 0.686. The van der Waals surface area contributed by atoms with Crippen molar-refractivity contribution in [2.45, 2.75) is 37.1 Å². The first-order valence-electron chi connectivity index (χ1n) is 7.38. The smallest absolute Gasteiger partial charge is 0.336 e. The number of rotatable bonds is 3. The zero-order chi connectivity index (χ0) is 17.5. The van der Waals surface area contributed by atoms with Crippen LogP contribution in [-0.2, 0) is 4.74 Å². The highest BCUT2D eigenvalue weighted by molar-refractivity contribution is 5.77. The summed E-state index contributed by atoms with van der Waals surface area (Å²) in [6.07, 6.45) is -5.57. The lowest BCUT2D eigenvalue weighted by molar-refractivity contribution is -0.308. The molecule has 3 rings (SSSR count). The van der Waals surface area contributed by atoms with Crippen LogP contribution in [0.25, 0.3) is 11.0 Å². The molecule has 0 bridgehead atoms. The summed E-state index contributed by atoms with van der Waals surface area (Å²) >= 11 is 0. The van der Waals surface area contributed by atoms with Gasteiger partial charge in [0.2, 0.25) is 6.29 Å². The van der Waals surface area contributed by atoms with Gasteiger partial charge in [0.1, 0.15) is 35.2 Å². The average Bonchev–Trinajstić information content (AvgIpc) is 2.55. The number of hydrogen-bond acceptors (Lipinski definition) is 8. The Morgan fingerprint density at radius 3 is 2.67 bits per heavy atom. The van der Waals surface area contributed by atoms with Crippen molar-refractivity contribution in [2.75, 3.05) is 6.61 Å². The largest absolute Gasteiger partial charge is 0.462 e. The molecule has 0 spiro atoms. The van der Waals surface area contributed by atoms with E-state index < -0.39 is 42.4 Å². The van der Waals surface area contributed by atoms with Crippen LogP contribution in [0.4, 0.5) is 0 Å². The van der Waals surface area contributed by atoms with Crippen LogP contribution in [0.2, 0.25) is 0 Å². The third kappa shape index (κ3) is 2.90. The fourth-order valence-corrected chi connectivity index (χ4v) is 2.64. The molecule has 1 fully saturated rings. The van der Waals surface area contributed by atoms with Gasteiger partial charge in [-0.3, -0.25) is 0 Å². The van der Waals surface area contributed by atoms with E-state index >= 15 is 0 Å². The Bertz CT molecular complexity index is 779. The van der Waals surface area contributed by atoms with Crippen molar-refractivity contribution < 1.29 is 34.3 Å². The Labute approximate surface area is 136 Å². The molecule has 4 N–H and O–H groups in total. The van der Waals surface area contributed by atoms with Crippen molar-refractivity contribution in [1.29, 1.82) is 0 Å². The molecule has 5 atom stereocenters. The molecule has 0 amide bonds. The van der Waals surface area contributed by atoms with Gasteiger partial charge in [-0.15, -0.1) is 0 Å². The van der Waals surface area contributed by atoms with Crippen molar-refractivity contribution in [3.8, 4) is 5.75 Å². The minimum atomic E-state index is -1.83. The number of hydrogen-bond donors (Lipinski definition) is 4. The molecule has 0 saturated carbocycles. The molecule has 1 aliphatic rings. The minimum absolute atomic E-state index is 0.228. The van der Waals surface area contributed by atoms with Crippen LogP contribution in [-0.4, -0.2) is 57.2 Å². The monoisotopic (exact) mass is 338 g/mol. The van der Waals surface area contributed by atoms with Crippen LogP contribution in [0.1, 0.15) is 6.92 Å². The number of benzene rings is 1. The summed E-state index contributed by atoms with van der Waals surface area (Å²) in [5.41, 5.74) is -2.05. The van der Waals surface area contributed by atoms with Crippen molar-refractivity contribution in [3.63, 3.8) is 0 Å². The second-order valence-corrected chi connectivity index (χ2v) is 5.91. The van der Waals surface area contributed by atoms with E-state index in [0.29, 0.717) is 5.39 Å². The summed E-state index contributed by atoms with van der Waals surface area (Å²) in [5, 5.41) is 40.2. The molecule has 1 aromatic carbocycles. The van der Waals surface area contributed by atoms with Crippen molar-refractivity contribution in [2.24, 2.45) is 0 Å². The van der Waals surface area contributed by atoms with Crippen molar-refractivity contribution in [1.82, 2.24) is 0 Å². The standard InChI is InChI=1S/C16H18O8/c1-16(21)11(7-17)24-15(13(19)14(16)20)22-9-4-2-8-3-5-12(18)23-10(8)6-9/h2-6,11,13-15,17,19-21H,7H2,1H3/t11-,13-,14-,15+,16-/m1/s1. The van der Waals surface area contributed by atoms with Crippen LogP contribution < -0.4 is 10.4 Å². The van der Waals surface area contributed by atoms with Crippen LogP contribution in [0.15, 0.2) is 39.5 Å². The van der Waals surface area contributed by atoms with Gasteiger partial charge in [-0.05, 0) is 25.1 Å². The maximum atomic E-state index is 11.3. The van der Waals surface area contributed by atoms with Gasteiger partial charge in [0.25, 0.3) is 0 Å². The predicted molar refractivity (Wildman–Crippen MR) is 81.5 cm³/mol. The highest BCUT2D eigenvalue weighted by Crippen LogP contribution is 2.31. The molecule has 2 heterocycles. The summed E-state index contributed by atoms with van der Waals surface area (Å²) in [5.74, 6) is 0.228. The van der Waals surface area contributed by atoms with Gasteiger partial charge in [-0.2, -0.15) is 0 Å². The zero-order valence-corrected chi connectivity index (χ0v) is 12.8. The molecule has 130 valence electrons. The molecule has 24 heavy (non-hydrogen) atoms. The van der Waals surface area contributed by atoms with E-state index in [4.69, 9.17) is 13.9 Å². The number of fused-ring (bicyclic) bond motifs is 1. The highest BCUT2D eigenvalue weighted by atomic mass is 16.7. The Balaban J connectivity index is 1.86. The van der Waals surface area contributed by atoms with Crippen LogP contribution in [0.3, 0.4) is 0 Å². The highest BCUT2D eigenvalue weighted by Gasteiger charge is 2.52. The lowest BCUT2D eigenvalue weighted by atomic mass is 9.86. The number of ether oxygens (including phenoxy) is 2. The van der Waals surface area contributed by atoms with Crippen LogP contribution in [0, 0.1) is 0 Å². The van der Waals surface area contributed by atoms with Crippen LogP contribution >= 0.6 is 0 Å². The van der Waals surface area contributed by atoms with Gasteiger partial charge in [0.05, 0.1) is 6.61 Å². The van der Waals surface area contributed by atoms with E-state index in [1.165, 1.54) is 19.1 Å². The first-order valence-corrected chi connectivity index (χ1v) is 7.38. The molecule has 0 unspecified atom stereocenters. The van der Waals surface area contributed by atoms with Gasteiger partial charge >= 0.3 is 5.63 Å². The second kappa shape index (κ2) is 6.15. The van der Waals surface area contributed by atoms with Gasteiger partial charge < -0.3 is 34.3 Å². The van der Waals surface area contributed by atoms with Gasteiger partial charge in [-0.25, -0.2) is 4.79 Å². The Hall–Kier alpha value is -1.97. The molecule has 2 aromatic rings. The number of aliphatic hydroxyl groups is 4. The molecule has 1 aromatic heterocycles. The van der Waals surface area contributed by atoms with E-state index in [1.807, 2.05) is 0 Å². The van der Waals surface area contributed by atoms with Crippen molar-refractivity contribution >= 4 is 11.0 Å². The Morgan fingerprint density at radius 2 is 1.96 bits per heavy atom. The summed E-state index contributed by atoms with van der Waals surface area (Å²) in [7, 11) is 0. The average molecular weight is 338 g/mol. The molecule has 8 nitrogen and oxygen atoms in total. The van der Waals surface area contributed by atoms with E-state index in [0.717, 1.165) is 0 Å². The molecular weight excluding hydrogens is 320 g/mol. The predicted octanol–water partition coefficient (Wildman–Crippen LogP) is -0.638. The molecule has 1 aliphatic heterocycles. The van der Waals surface area contributed by atoms with E-state index in [9.17, 15) is 25.2 Å². The van der Waals surface area contributed by atoms with E-state index in [-0.39, 0.29) is 11.3 Å². The van der Waals surface area contributed by atoms with Gasteiger partial charge in [0.15, 0.2) is 0 Å². The third-order valence-corrected chi connectivity index (χ3v) is 4.16. The lowest BCUT2D eigenvalue weighted by Gasteiger charge is -2.45. The van der Waals surface area contributed by atoms with Gasteiger partial charge in [0, 0.05) is 17.5 Å². The molecule has 8 heteroatoms. The first-order chi connectivity index (χ1) is 11.3. The maximum absolute atomic E-state index is 11.3. The first kappa shape index (κ1) is 16.9. The summed E-state index contributed by atoms with van der Waals surface area (Å²) in [4.78, 5) is 11.3. The fourth-order valence-electron chi connectivity index (χ4n) is 2.64.